The van der Waals surface area contributed by atoms with E-state index in [1.165, 1.54) is 12.1 Å². The summed E-state index contributed by atoms with van der Waals surface area (Å²) in [7, 11) is -8.82. The number of hydrogen-bond acceptors (Lipinski definition) is 4. The molecule has 0 bridgehead atoms. The van der Waals surface area contributed by atoms with E-state index in [0.717, 1.165) is 10.4 Å². The second-order valence-electron chi connectivity index (χ2n) is 8.69. The highest BCUT2D eigenvalue weighted by atomic mass is 127. The summed E-state index contributed by atoms with van der Waals surface area (Å²) in [4.78, 5) is 0. The van der Waals surface area contributed by atoms with E-state index in [1.807, 2.05) is 83.3 Å². The molecule has 0 radical (unpaired) electrons. The van der Waals surface area contributed by atoms with Gasteiger partial charge in [-0.25, -0.2) is 0 Å². The molecule has 0 aromatic heterocycles. The summed E-state index contributed by atoms with van der Waals surface area (Å²) in [6.07, 6.45) is 0. The van der Waals surface area contributed by atoms with Gasteiger partial charge in [-0.15, -0.1) is 0 Å². The highest BCUT2D eigenvalue weighted by Crippen LogP contribution is 2.38. The average Bonchev–Trinajstić information content (AvgIpc) is 2.75. The van der Waals surface area contributed by atoms with Crippen molar-refractivity contribution in [3.8, 4) is 5.75 Å². The highest BCUT2D eigenvalue weighted by Gasteiger charge is 2.51. The zero-order valence-electron chi connectivity index (χ0n) is 18.8. The van der Waals surface area contributed by atoms with Crippen LogP contribution in [0.4, 0.5) is 13.2 Å². The number of alkyl halides is 3. The molecular weight excluding hydrogens is 596 g/mol. The third-order valence-corrected chi connectivity index (χ3v) is 12.0. The van der Waals surface area contributed by atoms with Crippen LogP contribution in [-0.2, 0) is 21.2 Å². The molecule has 0 aliphatic rings. The molecule has 0 atom stereocenters. The lowest BCUT2D eigenvalue weighted by Gasteiger charge is -2.43. The fourth-order valence-corrected chi connectivity index (χ4v) is 9.43. The van der Waals surface area contributed by atoms with Crippen molar-refractivity contribution in [2.75, 3.05) is 0 Å². The Kier molecular flexibility index (Phi) is 7.85. The molecule has 0 saturated carbocycles. The zero-order valence-corrected chi connectivity index (χ0v) is 22.7. The van der Waals surface area contributed by atoms with Crippen molar-refractivity contribution >= 4 is 51.4 Å². The second-order valence-corrected chi connectivity index (χ2v) is 15.8. The van der Waals surface area contributed by atoms with E-state index in [9.17, 15) is 21.6 Å². The molecule has 0 aliphatic heterocycles. The predicted molar refractivity (Wildman–Crippen MR) is 137 cm³/mol. The van der Waals surface area contributed by atoms with Gasteiger partial charge in [-0.05, 0) is 56.2 Å². The van der Waals surface area contributed by atoms with E-state index in [4.69, 9.17) is 4.43 Å². The minimum absolute atomic E-state index is 0.132. The molecule has 0 N–H and O–H groups in total. The van der Waals surface area contributed by atoms with Crippen molar-refractivity contribution < 1.29 is 30.2 Å². The van der Waals surface area contributed by atoms with Crippen LogP contribution in [-0.4, -0.2) is 22.2 Å². The minimum Gasteiger partial charge on any atom is -0.403 e. The molecule has 0 saturated heterocycles. The number of halogens is 4. The molecule has 182 valence electrons. The monoisotopic (exact) mass is 620 g/mol. The lowest BCUT2D eigenvalue weighted by Crippen LogP contribution is -2.66. The molecule has 0 aliphatic carbocycles. The summed E-state index contributed by atoms with van der Waals surface area (Å²) >= 11 is 2.00. The van der Waals surface area contributed by atoms with E-state index in [1.54, 1.807) is 6.07 Å². The largest absolute Gasteiger partial charge is 0.534 e. The fourth-order valence-electron chi connectivity index (χ4n) is 3.86. The Morgan fingerprint density at radius 3 is 1.79 bits per heavy atom. The molecule has 0 unspecified atom stereocenters. The van der Waals surface area contributed by atoms with Crippen LogP contribution in [0.25, 0.3) is 0 Å². The van der Waals surface area contributed by atoms with E-state index < -0.39 is 29.7 Å². The highest BCUT2D eigenvalue weighted by molar-refractivity contribution is 14.1. The van der Waals surface area contributed by atoms with Crippen molar-refractivity contribution in [2.24, 2.45) is 0 Å². The first-order chi connectivity index (χ1) is 15.8. The maximum Gasteiger partial charge on any atom is 0.534 e. The normalized spacial score (nSPS) is 13.0. The molecule has 0 spiro atoms. The standard InChI is InChI=1S/C24H24F3IO4SSi/c1-23(2,3)34(20-10-6-4-7-11-20,21-12-8-5-9-13-21)31-17-18-16-19(28)14-15-22(18)32-33(29,30)24(25,26)27/h4-16H,17H2,1-3H3. The summed E-state index contributed by atoms with van der Waals surface area (Å²) in [5.74, 6) is -0.407. The molecule has 0 fully saturated rings. The van der Waals surface area contributed by atoms with Crippen LogP contribution in [0.5, 0.6) is 5.75 Å². The second kappa shape index (κ2) is 10.00. The molecule has 3 rings (SSSR count). The van der Waals surface area contributed by atoms with Gasteiger partial charge in [0.25, 0.3) is 8.32 Å². The summed E-state index contributed by atoms with van der Waals surface area (Å²) < 4.78 is 74.2. The van der Waals surface area contributed by atoms with E-state index in [-0.39, 0.29) is 17.2 Å². The van der Waals surface area contributed by atoms with Gasteiger partial charge in [0.1, 0.15) is 5.75 Å². The maximum atomic E-state index is 13.0. The molecule has 4 nitrogen and oxygen atoms in total. The number of hydrogen-bond donors (Lipinski definition) is 0. The molecular formula is C24H24F3IO4SSi. The van der Waals surface area contributed by atoms with Gasteiger partial charge in [-0.1, -0.05) is 81.4 Å². The summed E-state index contributed by atoms with van der Waals surface area (Å²) in [6, 6.07) is 23.7. The Labute approximate surface area is 212 Å². The van der Waals surface area contributed by atoms with E-state index >= 15 is 0 Å². The van der Waals surface area contributed by atoms with Gasteiger partial charge in [0.15, 0.2) is 0 Å². The van der Waals surface area contributed by atoms with Crippen LogP contribution < -0.4 is 14.6 Å². The Morgan fingerprint density at radius 1 is 0.853 bits per heavy atom. The van der Waals surface area contributed by atoms with Gasteiger partial charge < -0.3 is 8.61 Å². The van der Waals surface area contributed by atoms with Crippen molar-refractivity contribution in [3.05, 3.63) is 88.0 Å². The summed E-state index contributed by atoms with van der Waals surface area (Å²) in [5.41, 5.74) is -5.32. The fraction of sp³-hybridized carbons (Fsp3) is 0.250. The van der Waals surface area contributed by atoms with Gasteiger partial charge in [0.05, 0.1) is 6.61 Å². The number of rotatable bonds is 7. The molecule has 34 heavy (non-hydrogen) atoms. The first kappa shape index (κ1) is 26.7. The predicted octanol–water partition coefficient (Wildman–Crippen LogP) is 5.60. The maximum absolute atomic E-state index is 13.0. The van der Waals surface area contributed by atoms with Gasteiger partial charge in [-0.3, -0.25) is 0 Å². The Morgan fingerprint density at radius 2 is 1.35 bits per heavy atom. The SMILES string of the molecule is CC(C)(C)[Si](OCc1cc(I)ccc1OS(=O)(=O)C(F)(F)F)(c1ccccc1)c1ccccc1. The smallest absolute Gasteiger partial charge is 0.403 e. The molecule has 10 heteroatoms. The van der Waals surface area contributed by atoms with Gasteiger partial charge in [0.2, 0.25) is 0 Å². The van der Waals surface area contributed by atoms with Crippen molar-refractivity contribution in [1.82, 2.24) is 0 Å². The zero-order chi connectivity index (χ0) is 25.2. The van der Waals surface area contributed by atoms with Gasteiger partial charge in [0, 0.05) is 9.13 Å². The van der Waals surface area contributed by atoms with Crippen LogP contribution >= 0.6 is 22.6 Å². The van der Waals surface area contributed by atoms with Crippen LogP contribution in [0.3, 0.4) is 0 Å². The summed E-state index contributed by atoms with van der Waals surface area (Å²) in [6.45, 7) is 6.07. The van der Waals surface area contributed by atoms with Crippen LogP contribution in [0.1, 0.15) is 26.3 Å². The lowest BCUT2D eigenvalue weighted by molar-refractivity contribution is -0.0500. The van der Waals surface area contributed by atoms with Crippen molar-refractivity contribution in [3.63, 3.8) is 0 Å². The van der Waals surface area contributed by atoms with Crippen LogP contribution in [0, 0.1) is 3.57 Å². The first-order valence-electron chi connectivity index (χ1n) is 10.3. The van der Waals surface area contributed by atoms with Crippen LogP contribution in [0.2, 0.25) is 5.04 Å². The van der Waals surface area contributed by atoms with Crippen LogP contribution in [0.15, 0.2) is 78.9 Å². The third-order valence-electron chi connectivity index (χ3n) is 5.37. The van der Waals surface area contributed by atoms with E-state index in [0.29, 0.717) is 3.57 Å². The lowest BCUT2D eigenvalue weighted by atomic mass is 10.2. The number of benzene rings is 3. The van der Waals surface area contributed by atoms with Gasteiger partial charge >= 0.3 is 15.6 Å². The molecule has 3 aromatic carbocycles. The minimum atomic E-state index is -5.82. The first-order valence-corrected chi connectivity index (χ1v) is 14.7. The molecule has 0 amide bonds. The summed E-state index contributed by atoms with van der Waals surface area (Å²) in [5, 5.41) is 1.62. The quantitative estimate of drug-likeness (QED) is 0.150. The Balaban J connectivity index is 2.11. The van der Waals surface area contributed by atoms with Gasteiger partial charge in [-0.2, -0.15) is 21.6 Å². The van der Waals surface area contributed by atoms with Crippen molar-refractivity contribution in [2.45, 2.75) is 37.9 Å². The Hall–Kier alpha value is -1.89. The topological polar surface area (TPSA) is 52.6 Å². The van der Waals surface area contributed by atoms with Crippen molar-refractivity contribution in [1.29, 1.82) is 0 Å². The third kappa shape index (κ3) is 5.50. The Bertz CT molecular complexity index is 1190. The molecule has 0 heterocycles. The average molecular weight is 621 g/mol. The van der Waals surface area contributed by atoms with E-state index in [2.05, 4.69) is 25.0 Å². The molecule has 3 aromatic rings.